The van der Waals surface area contributed by atoms with Gasteiger partial charge in [0.25, 0.3) is 0 Å². The highest BCUT2D eigenvalue weighted by atomic mass is 16.6. The molecule has 0 bridgehead atoms. The predicted molar refractivity (Wildman–Crippen MR) is 73.9 cm³/mol. The van der Waals surface area contributed by atoms with Crippen LogP contribution in [0, 0.1) is 0 Å². The normalized spacial score (nSPS) is 21.3. The molecule has 1 fully saturated rings. The highest BCUT2D eigenvalue weighted by Crippen LogP contribution is 2.21. The number of carbonyl (C=O) groups is 2. The van der Waals surface area contributed by atoms with E-state index in [0.717, 1.165) is 0 Å². The number of carbonyl (C=O) groups excluding carboxylic acids is 2. The van der Waals surface area contributed by atoms with Gasteiger partial charge in [-0.3, -0.25) is 4.79 Å². The zero-order valence-corrected chi connectivity index (χ0v) is 11.3. The second-order valence-electron chi connectivity index (χ2n) is 4.97. The summed E-state index contributed by atoms with van der Waals surface area (Å²) in [6.45, 7) is 1.73. The Hall–Kier alpha value is -2.63. The number of H-pyrrole nitrogens is 1. The summed E-state index contributed by atoms with van der Waals surface area (Å²) in [5.41, 5.74) is 0.282. The maximum Gasteiger partial charge on any atom is 0.347 e. The summed E-state index contributed by atoms with van der Waals surface area (Å²) < 4.78 is 10.1. The van der Waals surface area contributed by atoms with Crippen LogP contribution in [0.1, 0.15) is 23.7 Å². The fourth-order valence-electron chi connectivity index (χ4n) is 2.38. The fraction of sp³-hybridized carbons (Fsp3) is 0.267. The van der Waals surface area contributed by atoms with Crippen molar-refractivity contribution in [2.75, 3.05) is 0 Å². The fourth-order valence-corrected chi connectivity index (χ4v) is 2.38. The molecule has 0 radical (unpaired) electrons. The number of rotatable bonds is 2. The average Bonchev–Trinajstić information content (AvgIpc) is 2.75. The van der Waals surface area contributed by atoms with Crippen molar-refractivity contribution in [1.82, 2.24) is 4.98 Å². The third-order valence-corrected chi connectivity index (χ3v) is 3.35. The summed E-state index contributed by atoms with van der Waals surface area (Å²) in [7, 11) is 0. The molecule has 1 aliphatic rings. The second-order valence-corrected chi connectivity index (χ2v) is 4.97. The molecule has 0 spiro atoms. The van der Waals surface area contributed by atoms with Crippen molar-refractivity contribution in [1.29, 1.82) is 0 Å². The van der Waals surface area contributed by atoms with E-state index in [4.69, 9.17) is 9.47 Å². The second kappa shape index (κ2) is 5.05. The third-order valence-electron chi connectivity index (χ3n) is 3.35. The molecule has 2 heterocycles. The average molecular weight is 287 g/mol. The molecular formula is C15H13NO5. The van der Waals surface area contributed by atoms with Gasteiger partial charge in [-0.15, -0.1) is 0 Å². The lowest BCUT2D eigenvalue weighted by atomic mass is 10.1. The van der Waals surface area contributed by atoms with Gasteiger partial charge in [-0.05, 0) is 13.0 Å². The number of cyclic esters (lactones) is 1. The largest absolute Gasteiger partial charge is 0.460 e. The molecule has 1 N–H and O–H groups in total. The van der Waals surface area contributed by atoms with Crippen molar-refractivity contribution >= 4 is 22.8 Å². The number of aromatic amines is 1. The van der Waals surface area contributed by atoms with Crippen LogP contribution in [0.4, 0.5) is 0 Å². The number of aromatic nitrogens is 1. The molecule has 1 aromatic heterocycles. The van der Waals surface area contributed by atoms with Gasteiger partial charge in [0.2, 0.25) is 11.7 Å². The number of benzene rings is 1. The van der Waals surface area contributed by atoms with Gasteiger partial charge in [-0.2, -0.15) is 0 Å². The molecule has 0 amide bonds. The maximum absolute atomic E-state index is 12.2. The van der Waals surface area contributed by atoms with E-state index in [1.807, 2.05) is 0 Å². The van der Waals surface area contributed by atoms with Crippen molar-refractivity contribution in [3.8, 4) is 0 Å². The molecule has 2 atom stereocenters. The zero-order chi connectivity index (χ0) is 15.0. The molecule has 1 aliphatic heterocycles. The minimum atomic E-state index is -0.912. The number of fused-ring (bicyclic) bond motifs is 1. The van der Waals surface area contributed by atoms with Gasteiger partial charge in [0.05, 0.1) is 5.56 Å². The number of hydrogen-bond donors (Lipinski definition) is 1. The van der Waals surface area contributed by atoms with Crippen LogP contribution in [-0.2, 0) is 14.3 Å². The van der Waals surface area contributed by atoms with Crippen molar-refractivity contribution in [2.45, 2.75) is 25.6 Å². The van der Waals surface area contributed by atoms with Gasteiger partial charge in [0.1, 0.15) is 6.10 Å². The minimum absolute atomic E-state index is 0.140. The molecule has 0 aliphatic carbocycles. The zero-order valence-electron chi connectivity index (χ0n) is 11.3. The molecule has 21 heavy (non-hydrogen) atoms. The molecule has 6 nitrogen and oxygen atoms in total. The van der Waals surface area contributed by atoms with Gasteiger partial charge in [-0.25, -0.2) is 9.59 Å². The van der Waals surface area contributed by atoms with E-state index in [-0.39, 0.29) is 11.7 Å². The lowest BCUT2D eigenvalue weighted by Gasteiger charge is -2.10. The van der Waals surface area contributed by atoms with Gasteiger partial charge < -0.3 is 14.5 Å². The van der Waals surface area contributed by atoms with Crippen LogP contribution in [-0.4, -0.2) is 29.1 Å². The smallest absolute Gasteiger partial charge is 0.347 e. The van der Waals surface area contributed by atoms with Crippen molar-refractivity contribution in [3.63, 3.8) is 0 Å². The molecule has 0 saturated carbocycles. The highest BCUT2D eigenvalue weighted by molar-refractivity contribution is 6.03. The molecule has 6 heteroatoms. The lowest BCUT2D eigenvalue weighted by molar-refractivity contribution is -0.147. The van der Waals surface area contributed by atoms with Crippen LogP contribution in [0.25, 0.3) is 10.9 Å². The molecule has 1 saturated heterocycles. The first-order valence-electron chi connectivity index (χ1n) is 6.58. The van der Waals surface area contributed by atoms with Crippen LogP contribution in [0.5, 0.6) is 0 Å². The monoisotopic (exact) mass is 287 g/mol. The van der Waals surface area contributed by atoms with E-state index in [9.17, 15) is 14.4 Å². The van der Waals surface area contributed by atoms with Gasteiger partial charge in [0, 0.05) is 23.4 Å². The molecule has 108 valence electrons. The van der Waals surface area contributed by atoms with E-state index in [1.54, 1.807) is 31.2 Å². The summed E-state index contributed by atoms with van der Waals surface area (Å²) >= 11 is 0. The Morgan fingerprint density at radius 3 is 2.81 bits per heavy atom. The number of ether oxygens (including phenoxy) is 2. The minimum Gasteiger partial charge on any atom is -0.460 e. The van der Waals surface area contributed by atoms with Crippen LogP contribution in [0.3, 0.4) is 0 Å². The Morgan fingerprint density at radius 1 is 1.33 bits per heavy atom. The van der Waals surface area contributed by atoms with Crippen LogP contribution in [0.15, 0.2) is 35.1 Å². The van der Waals surface area contributed by atoms with Crippen molar-refractivity contribution in [2.24, 2.45) is 0 Å². The number of esters is 2. The van der Waals surface area contributed by atoms with Gasteiger partial charge in [0.15, 0.2) is 0 Å². The topological polar surface area (TPSA) is 85.5 Å². The third kappa shape index (κ3) is 2.52. The quantitative estimate of drug-likeness (QED) is 0.844. The first kappa shape index (κ1) is 13.4. The summed E-state index contributed by atoms with van der Waals surface area (Å²) in [5, 5.41) is 0.571. The highest BCUT2D eigenvalue weighted by Gasteiger charge is 2.35. The molecule has 3 rings (SSSR count). The van der Waals surface area contributed by atoms with Crippen LogP contribution in [0.2, 0.25) is 0 Å². The Labute approximate surface area is 119 Å². The summed E-state index contributed by atoms with van der Waals surface area (Å²) in [6.07, 6.45) is -0.858. The van der Waals surface area contributed by atoms with E-state index in [1.165, 1.54) is 6.07 Å². The summed E-state index contributed by atoms with van der Waals surface area (Å²) in [4.78, 5) is 38.0. The Bertz CT molecular complexity index is 779. The number of hydrogen-bond acceptors (Lipinski definition) is 5. The Balaban J connectivity index is 1.95. The van der Waals surface area contributed by atoms with E-state index in [0.29, 0.717) is 17.3 Å². The van der Waals surface area contributed by atoms with Gasteiger partial charge >= 0.3 is 11.9 Å². The Kier molecular flexibility index (Phi) is 3.21. The van der Waals surface area contributed by atoms with Crippen molar-refractivity contribution in [3.05, 3.63) is 46.2 Å². The summed E-state index contributed by atoms with van der Waals surface area (Å²) in [5.74, 6) is -1.25. The Morgan fingerprint density at radius 2 is 2.10 bits per heavy atom. The van der Waals surface area contributed by atoms with E-state index >= 15 is 0 Å². The summed E-state index contributed by atoms with van der Waals surface area (Å²) in [6, 6.07) is 8.08. The standard InChI is InChI=1S/C15H13NO5/c1-8-6-12(15(19)20-8)21-14(18)10-7-13(17)16-11-5-3-2-4-9(10)11/h2-5,7-8,12H,6H2,1H3,(H,16,17)/t8-,12+/m1/s1. The number of nitrogens with one attached hydrogen (secondary N) is 1. The lowest BCUT2D eigenvalue weighted by Crippen LogP contribution is -2.23. The van der Waals surface area contributed by atoms with Crippen LogP contribution < -0.4 is 5.56 Å². The molecule has 1 aromatic carbocycles. The first-order valence-corrected chi connectivity index (χ1v) is 6.58. The molecule has 2 aromatic rings. The van der Waals surface area contributed by atoms with Crippen LogP contribution >= 0.6 is 0 Å². The number of para-hydroxylation sites is 1. The molecular weight excluding hydrogens is 274 g/mol. The maximum atomic E-state index is 12.2. The SMILES string of the molecule is C[C@@H]1C[C@H](OC(=O)c2cc(=O)[nH]c3ccccc23)C(=O)O1. The number of pyridine rings is 1. The van der Waals surface area contributed by atoms with Gasteiger partial charge in [-0.1, -0.05) is 18.2 Å². The van der Waals surface area contributed by atoms with Crippen molar-refractivity contribution < 1.29 is 19.1 Å². The van der Waals surface area contributed by atoms with E-state index < -0.39 is 23.6 Å². The predicted octanol–water partition coefficient (Wildman–Crippen LogP) is 1.39. The van der Waals surface area contributed by atoms with E-state index in [2.05, 4.69) is 4.98 Å². The first-order chi connectivity index (χ1) is 10.0. The molecule has 0 unspecified atom stereocenters.